The number of nitrogens with zero attached hydrogens (tertiary/aromatic N) is 1. The molecule has 0 saturated heterocycles. The second-order valence-electron chi connectivity index (χ2n) is 7.55. The SMILES string of the molecule is Cc1nc(-c2cccc3ccccc23)c(C(=O)NC(Cc2ccccc2)C(O)C(N)=O)o1. The number of fused-ring (bicyclic) bond motifs is 1. The summed E-state index contributed by atoms with van der Waals surface area (Å²) in [6.45, 7) is 1.66. The van der Waals surface area contributed by atoms with E-state index in [0.717, 1.165) is 21.9 Å². The monoisotopic (exact) mass is 429 g/mol. The van der Waals surface area contributed by atoms with Crippen LogP contribution in [0.25, 0.3) is 22.0 Å². The molecule has 0 bridgehead atoms. The third kappa shape index (κ3) is 4.38. The van der Waals surface area contributed by atoms with Crippen molar-refractivity contribution in [3.05, 3.63) is 90.0 Å². The minimum absolute atomic E-state index is 0.00795. The maximum Gasteiger partial charge on any atom is 0.289 e. The quantitative estimate of drug-likeness (QED) is 0.417. The van der Waals surface area contributed by atoms with Gasteiger partial charge in [0.25, 0.3) is 5.91 Å². The fourth-order valence-corrected chi connectivity index (χ4v) is 3.74. The summed E-state index contributed by atoms with van der Waals surface area (Å²) in [5.41, 5.74) is 7.29. The third-order valence-electron chi connectivity index (χ3n) is 5.27. The number of aliphatic hydroxyl groups excluding tert-OH is 1. The largest absolute Gasteiger partial charge is 0.435 e. The number of nitrogens with one attached hydrogen (secondary N) is 1. The molecule has 4 N–H and O–H groups in total. The normalized spacial score (nSPS) is 12.9. The van der Waals surface area contributed by atoms with E-state index in [0.29, 0.717) is 11.6 Å². The number of aliphatic hydroxyl groups is 1. The van der Waals surface area contributed by atoms with Crippen LogP contribution in [0.15, 0.2) is 77.2 Å². The molecule has 4 aromatic rings. The Bertz CT molecular complexity index is 1260. The molecule has 0 aliphatic rings. The predicted molar refractivity (Wildman–Crippen MR) is 121 cm³/mol. The fourth-order valence-electron chi connectivity index (χ4n) is 3.74. The number of hydrogen-bond donors (Lipinski definition) is 3. The second kappa shape index (κ2) is 9.03. The summed E-state index contributed by atoms with van der Waals surface area (Å²) in [6.07, 6.45) is -1.35. The summed E-state index contributed by atoms with van der Waals surface area (Å²) in [4.78, 5) is 29.3. The Morgan fingerprint density at radius 2 is 1.72 bits per heavy atom. The molecule has 0 spiro atoms. The molecule has 4 rings (SSSR count). The minimum Gasteiger partial charge on any atom is -0.435 e. The van der Waals surface area contributed by atoms with Crippen LogP contribution in [0.4, 0.5) is 0 Å². The highest BCUT2D eigenvalue weighted by Crippen LogP contribution is 2.31. The number of hydrogen-bond acceptors (Lipinski definition) is 5. The van der Waals surface area contributed by atoms with Crippen molar-refractivity contribution in [3.63, 3.8) is 0 Å². The van der Waals surface area contributed by atoms with Gasteiger partial charge in [-0.05, 0) is 22.8 Å². The number of benzene rings is 3. The zero-order valence-electron chi connectivity index (χ0n) is 17.5. The fraction of sp³-hybridized carbons (Fsp3) is 0.160. The van der Waals surface area contributed by atoms with E-state index >= 15 is 0 Å². The lowest BCUT2D eigenvalue weighted by Crippen LogP contribution is -2.50. The standard InChI is InChI=1S/C25H23N3O4/c1-15-27-21(19-13-7-11-17-10-5-6-12-18(17)19)23(32-15)25(31)28-20(22(29)24(26)30)14-16-8-3-2-4-9-16/h2-13,20,22,29H,14H2,1H3,(H2,26,30)(H,28,31). The van der Waals surface area contributed by atoms with Crippen molar-refractivity contribution >= 4 is 22.6 Å². The van der Waals surface area contributed by atoms with Crippen molar-refractivity contribution in [2.24, 2.45) is 5.73 Å². The highest BCUT2D eigenvalue weighted by atomic mass is 16.4. The number of aryl methyl sites for hydroxylation is 1. The molecule has 7 nitrogen and oxygen atoms in total. The molecule has 0 aliphatic heterocycles. The van der Waals surface area contributed by atoms with Gasteiger partial charge in [0.2, 0.25) is 11.7 Å². The second-order valence-corrected chi connectivity index (χ2v) is 7.55. The van der Waals surface area contributed by atoms with Crippen LogP contribution in [0.1, 0.15) is 22.0 Å². The minimum atomic E-state index is -1.57. The van der Waals surface area contributed by atoms with Crippen LogP contribution in [-0.2, 0) is 11.2 Å². The van der Waals surface area contributed by atoms with Gasteiger partial charge in [-0.2, -0.15) is 0 Å². The Balaban J connectivity index is 1.69. The molecule has 2 unspecified atom stereocenters. The molecule has 3 aromatic carbocycles. The number of amides is 2. The van der Waals surface area contributed by atoms with Crippen LogP contribution < -0.4 is 11.1 Å². The Morgan fingerprint density at radius 3 is 2.47 bits per heavy atom. The smallest absolute Gasteiger partial charge is 0.289 e. The van der Waals surface area contributed by atoms with E-state index in [1.165, 1.54) is 0 Å². The number of rotatable bonds is 7. The van der Waals surface area contributed by atoms with Crippen molar-refractivity contribution in [1.29, 1.82) is 0 Å². The first kappa shape index (κ1) is 21.3. The van der Waals surface area contributed by atoms with Gasteiger partial charge in [0.15, 0.2) is 12.0 Å². The number of aromatic nitrogens is 1. The van der Waals surface area contributed by atoms with Crippen molar-refractivity contribution in [2.45, 2.75) is 25.5 Å². The number of primary amides is 1. The Morgan fingerprint density at radius 1 is 1.03 bits per heavy atom. The van der Waals surface area contributed by atoms with Gasteiger partial charge in [0.05, 0.1) is 6.04 Å². The number of oxazole rings is 1. The maximum absolute atomic E-state index is 13.2. The summed E-state index contributed by atoms with van der Waals surface area (Å²) in [7, 11) is 0. The van der Waals surface area contributed by atoms with E-state index in [4.69, 9.17) is 10.2 Å². The molecule has 1 heterocycles. The van der Waals surface area contributed by atoms with E-state index in [-0.39, 0.29) is 12.2 Å². The number of carbonyl (C=O) groups excluding carboxylic acids is 2. The van der Waals surface area contributed by atoms with Gasteiger partial charge in [0, 0.05) is 12.5 Å². The summed E-state index contributed by atoms with van der Waals surface area (Å²) in [5, 5.41) is 15.0. The molecule has 2 amide bonds. The van der Waals surface area contributed by atoms with Crippen LogP contribution in [0.3, 0.4) is 0 Å². The first-order valence-electron chi connectivity index (χ1n) is 10.2. The van der Waals surface area contributed by atoms with Gasteiger partial charge < -0.3 is 20.6 Å². The average molecular weight is 429 g/mol. The number of nitrogens with two attached hydrogens (primary N) is 1. The highest BCUT2D eigenvalue weighted by Gasteiger charge is 2.29. The molecular formula is C25H23N3O4. The molecule has 2 atom stereocenters. The molecule has 0 radical (unpaired) electrons. The molecular weight excluding hydrogens is 406 g/mol. The van der Waals surface area contributed by atoms with Crippen LogP contribution in [-0.4, -0.2) is 34.1 Å². The van der Waals surface area contributed by atoms with Gasteiger partial charge in [0.1, 0.15) is 5.69 Å². The maximum atomic E-state index is 13.2. The molecule has 0 saturated carbocycles. The third-order valence-corrected chi connectivity index (χ3v) is 5.27. The Labute approximate surface area is 184 Å². The van der Waals surface area contributed by atoms with E-state index in [9.17, 15) is 14.7 Å². The lowest BCUT2D eigenvalue weighted by Gasteiger charge is -2.22. The lowest BCUT2D eigenvalue weighted by atomic mass is 9.99. The zero-order valence-corrected chi connectivity index (χ0v) is 17.5. The lowest BCUT2D eigenvalue weighted by molar-refractivity contribution is -0.127. The Kier molecular flexibility index (Phi) is 6.00. The van der Waals surface area contributed by atoms with Crippen LogP contribution in [0.2, 0.25) is 0 Å². The summed E-state index contributed by atoms with van der Waals surface area (Å²) >= 11 is 0. The summed E-state index contributed by atoms with van der Waals surface area (Å²) < 4.78 is 5.65. The first-order valence-corrected chi connectivity index (χ1v) is 10.2. The Hall–Kier alpha value is -3.97. The van der Waals surface area contributed by atoms with Crippen LogP contribution in [0.5, 0.6) is 0 Å². The van der Waals surface area contributed by atoms with Gasteiger partial charge in [-0.1, -0.05) is 72.8 Å². The van der Waals surface area contributed by atoms with E-state index in [1.807, 2.05) is 72.8 Å². The van der Waals surface area contributed by atoms with Gasteiger partial charge >= 0.3 is 0 Å². The zero-order chi connectivity index (χ0) is 22.7. The van der Waals surface area contributed by atoms with Gasteiger partial charge in [-0.3, -0.25) is 9.59 Å². The summed E-state index contributed by atoms with van der Waals surface area (Å²) in [5.74, 6) is -1.18. The molecule has 0 fully saturated rings. The molecule has 162 valence electrons. The van der Waals surface area contributed by atoms with E-state index in [2.05, 4.69) is 10.3 Å². The van der Waals surface area contributed by atoms with Crippen molar-refractivity contribution in [2.75, 3.05) is 0 Å². The van der Waals surface area contributed by atoms with Crippen LogP contribution in [0, 0.1) is 6.92 Å². The number of carbonyl (C=O) groups is 2. The predicted octanol–water partition coefficient (Wildman–Crippen LogP) is 2.99. The topological polar surface area (TPSA) is 118 Å². The average Bonchev–Trinajstić information content (AvgIpc) is 3.20. The van der Waals surface area contributed by atoms with E-state index < -0.39 is 24.0 Å². The van der Waals surface area contributed by atoms with Gasteiger partial charge in [-0.15, -0.1) is 0 Å². The van der Waals surface area contributed by atoms with E-state index in [1.54, 1.807) is 6.92 Å². The molecule has 32 heavy (non-hydrogen) atoms. The molecule has 1 aromatic heterocycles. The highest BCUT2D eigenvalue weighted by molar-refractivity contribution is 6.03. The molecule has 7 heteroatoms. The van der Waals surface area contributed by atoms with Crippen molar-refractivity contribution in [3.8, 4) is 11.3 Å². The van der Waals surface area contributed by atoms with Gasteiger partial charge in [-0.25, -0.2) is 4.98 Å². The molecule has 0 aliphatic carbocycles. The van der Waals surface area contributed by atoms with Crippen molar-refractivity contribution < 1.29 is 19.1 Å². The first-order chi connectivity index (χ1) is 15.4. The van der Waals surface area contributed by atoms with Crippen molar-refractivity contribution in [1.82, 2.24) is 10.3 Å². The van der Waals surface area contributed by atoms with Crippen LogP contribution >= 0.6 is 0 Å². The summed E-state index contributed by atoms with van der Waals surface area (Å²) in [6, 6.07) is 21.8.